The summed E-state index contributed by atoms with van der Waals surface area (Å²) in [5, 5.41) is 0. The first-order valence-electron chi connectivity index (χ1n) is 6.58. The van der Waals surface area contributed by atoms with Crippen LogP contribution in [0.2, 0.25) is 0 Å². The number of amides is 1. The molecule has 0 aromatic carbocycles. The SMILES string of the molecule is CCCCCCN(CCN)C(=O)OC(C)(C)C. The smallest absolute Gasteiger partial charge is 0.410 e. The number of nitrogens with zero attached hydrogens (tertiary/aromatic N) is 1. The van der Waals surface area contributed by atoms with Crippen LogP contribution in [0.4, 0.5) is 4.79 Å². The molecule has 0 unspecified atom stereocenters. The minimum atomic E-state index is -0.437. The van der Waals surface area contributed by atoms with Gasteiger partial charge in [-0.2, -0.15) is 0 Å². The quantitative estimate of drug-likeness (QED) is 0.701. The number of unbranched alkanes of at least 4 members (excludes halogenated alkanes) is 3. The zero-order chi connectivity index (χ0) is 13.3. The maximum atomic E-state index is 11.9. The Hall–Kier alpha value is -0.770. The van der Waals surface area contributed by atoms with Crippen LogP contribution in [-0.4, -0.2) is 36.2 Å². The number of rotatable bonds is 7. The molecular formula is C13H28N2O2. The van der Waals surface area contributed by atoms with E-state index in [-0.39, 0.29) is 6.09 Å². The summed E-state index contributed by atoms with van der Waals surface area (Å²) in [6.07, 6.45) is 4.33. The molecule has 4 nitrogen and oxygen atoms in total. The third kappa shape index (κ3) is 8.98. The third-order valence-corrected chi connectivity index (χ3v) is 2.33. The molecule has 0 saturated heterocycles. The van der Waals surface area contributed by atoms with E-state index >= 15 is 0 Å². The minimum absolute atomic E-state index is 0.251. The highest BCUT2D eigenvalue weighted by Crippen LogP contribution is 2.10. The van der Waals surface area contributed by atoms with Gasteiger partial charge in [-0.25, -0.2) is 4.79 Å². The van der Waals surface area contributed by atoms with Gasteiger partial charge in [0.15, 0.2) is 0 Å². The Bertz CT molecular complexity index is 212. The van der Waals surface area contributed by atoms with Gasteiger partial charge in [-0.15, -0.1) is 0 Å². The second-order valence-corrected chi connectivity index (χ2v) is 5.32. The number of carbonyl (C=O) groups excluding carboxylic acids is 1. The first-order chi connectivity index (χ1) is 7.90. The lowest BCUT2D eigenvalue weighted by Gasteiger charge is -2.27. The molecule has 102 valence electrons. The molecule has 0 radical (unpaired) electrons. The van der Waals surface area contributed by atoms with Gasteiger partial charge < -0.3 is 15.4 Å². The van der Waals surface area contributed by atoms with Crippen LogP contribution in [0, 0.1) is 0 Å². The molecule has 0 saturated carbocycles. The van der Waals surface area contributed by atoms with Crippen molar-refractivity contribution in [2.24, 2.45) is 5.73 Å². The Morgan fingerprint density at radius 2 is 1.82 bits per heavy atom. The fourth-order valence-corrected chi connectivity index (χ4v) is 1.51. The predicted octanol–water partition coefficient (Wildman–Crippen LogP) is 2.76. The standard InChI is InChI=1S/C13H28N2O2/c1-5-6-7-8-10-15(11-9-14)12(16)17-13(2,3)4/h5-11,14H2,1-4H3. The van der Waals surface area contributed by atoms with Gasteiger partial charge in [-0.1, -0.05) is 26.2 Å². The van der Waals surface area contributed by atoms with Gasteiger partial charge in [0.05, 0.1) is 0 Å². The summed E-state index contributed by atoms with van der Waals surface area (Å²) in [5.41, 5.74) is 5.07. The molecule has 0 aliphatic rings. The highest BCUT2D eigenvalue weighted by molar-refractivity contribution is 5.68. The number of hydrogen-bond acceptors (Lipinski definition) is 3. The minimum Gasteiger partial charge on any atom is -0.444 e. The molecule has 4 heteroatoms. The van der Waals surface area contributed by atoms with Crippen molar-refractivity contribution in [3.63, 3.8) is 0 Å². The van der Waals surface area contributed by atoms with E-state index in [1.54, 1.807) is 4.90 Å². The second-order valence-electron chi connectivity index (χ2n) is 5.32. The van der Waals surface area contributed by atoms with E-state index in [1.165, 1.54) is 12.8 Å². The number of carbonyl (C=O) groups is 1. The predicted molar refractivity (Wildman–Crippen MR) is 71.0 cm³/mol. The zero-order valence-corrected chi connectivity index (χ0v) is 11.8. The van der Waals surface area contributed by atoms with Crippen LogP contribution in [0.1, 0.15) is 53.4 Å². The van der Waals surface area contributed by atoms with E-state index in [1.807, 2.05) is 20.8 Å². The summed E-state index contributed by atoms with van der Waals surface area (Å²) in [6.45, 7) is 9.60. The fraction of sp³-hybridized carbons (Fsp3) is 0.923. The van der Waals surface area contributed by atoms with Crippen molar-refractivity contribution in [2.75, 3.05) is 19.6 Å². The maximum absolute atomic E-state index is 11.9. The maximum Gasteiger partial charge on any atom is 0.410 e. The van der Waals surface area contributed by atoms with Crippen LogP contribution in [-0.2, 0) is 4.74 Å². The molecule has 17 heavy (non-hydrogen) atoms. The summed E-state index contributed by atoms with van der Waals surface area (Å²) in [5.74, 6) is 0. The number of ether oxygens (including phenoxy) is 1. The Morgan fingerprint density at radius 1 is 1.18 bits per heavy atom. The van der Waals surface area contributed by atoms with Gasteiger partial charge in [0.2, 0.25) is 0 Å². The molecule has 0 aromatic heterocycles. The topological polar surface area (TPSA) is 55.6 Å². The van der Waals surface area contributed by atoms with Crippen LogP contribution in [0.25, 0.3) is 0 Å². The Kier molecular flexibility index (Phi) is 7.96. The van der Waals surface area contributed by atoms with Gasteiger partial charge in [0.25, 0.3) is 0 Å². The number of hydrogen-bond donors (Lipinski definition) is 1. The fourth-order valence-electron chi connectivity index (χ4n) is 1.51. The van der Waals surface area contributed by atoms with Crippen LogP contribution >= 0.6 is 0 Å². The van der Waals surface area contributed by atoms with E-state index in [0.29, 0.717) is 13.1 Å². The van der Waals surface area contributed by atoms with E-state index in [2.05, 4.69) is 6.92 Å². The Morgan fingerprint density at radius 3 is 2.29 bits per heavy atom. The molecule has 0 rings (SSSR count). The van der Waals surface area contributed by atoms with Crippen molar-refractivity contribution < 1.29 is 9.53 Å². The van der Waals surface area contributed by atoms with Crippen LogP contribution < -0.4 is 5.73 Å². The van der Waals surface area contributed by atoms with Gasteiger partial charge in [-0.3, -0.25) is 0 Å². The average Bonchev–Trinajstić information content (AvgIpc) is 2.20. The van der Waals surface area contributed by atoms with E-state index < -0.39 is 5.60 Å². The molecule has 0 aromatic rings. The van der Waals surface area contributed by atoms with Crippen LogP contribution in [0.5, 0.6) is 0 Å². The third-order valence-electron chi connectivity index (χ3n) is 2.33. The summed E-state index contributed by atoms with van der Waals surface area (Å²) in [4.78, 5) is 13.6. The second kappa shape index (κ2) is 8.34. The normalized spacial score (nSPS) is 11.4. The largest absolute Gasteiger partial charge is 0.444 e. The molecule has 0 spiro atoms. The van der Waals surface area contributed by atoms with Crippen molar-refractivity contribution in [2.45, 2.75) is 59.0 Å². The van der Waals surface area contributed by atoms with Crippen molar-refractivity contribution in [3.05, 3.63) is 0 Å². The lowest BCUT2D eigenvalue weighted by Crippen LogP contribution is -2.40. The first kappa shape index (κ1) is 16.2. The van der Waals surface area contributed by atoms with Crippen LogP contribution in [0.15, 0.2) is 0 Å². The average molecular weight is 244 g/mol. The Labute approximate surface area is 105 Å². The highest BCUT2D eigenvalue weighted by atomic mass is 16.6. The molecule has 0 aliphatic carbocycles. The number of nitrogens with two attached hydrogens (primary N) is 1. The molecule has 1 amide bonds. The van der Waals surface area contributed by atoms with Crippen molar-refractivity contribution in [1.29, 1.82) is 0 Å². The molecule has 0 fully saturated rings. The molecule has 2 N–H and O–H groups in total. The lowest BCUT2D eigenvalue weighted by molar-refractivity contribution is 0.0252. The summed E-state index contributed by atoms with van der Waals surface area (Å²) >= 11 is 0. The van der Waals surface area contributed by atoms with E-state index in [0.717, 1.165) is 19.4 Å². The van der Waals surface area contributed by atoms with E-state index in [9.17, 15) is 4.79 Å². The summed E-state index contributed by atoms with van der Waals surface area (Å²) in [7, 11) is 0. The highest BCUT2D eigenvalue weighted by Gasteiger charge is 2.21. The molecule has 0 bridgehead atoms. The van der Waals surface area contributed by atoms with E-state index in [4.69, 9.17) is 10.5 Å². The monoisotopic (exact) mass is 244 g/mol. The van der Waals surface area contributed by atoms with Gasteiger partial charge in [0, 0.05) is 19.6 Å². The van der Waals surface area contributed by atoms with Gasteiger partial charge in [0.1, 0.15) is 5.60 Å². The lowest BCUT2D eigenvalue weighted by atomic mass is 10.2. The van der Waals surface area contributed by atoms with Crippen LogP contribution in [0.3, 0.4) is 0 Å². The van der Waals surface area contributed by atoms with Crippen molar-refractivity contribution >= 4 is 6.09 Å². The molecular weight excluding hydrogens is 216 g/mol. The molecule has 0 aliphatic heterocycles. The molecule has 0 heterocycles. The van der Waals surface area contributed by atoms with Gasteiger partial charge >= 0.3 is 6.09 Å². The Balaban J connectivity index is 4.07. The first-order valence-corrected chi connectivity index (χ1v) is 6.58. The van der Waals surface area contributed by atoms with Gasteiger partial charge in [-0.05, 0) is 27.2 Å². The van der Waals surface area contributed by atoms with Crippen molar-refractivity contribution in [3.8, 4) is 0 Å². The summed E-state index contributed by atoms with van der Waals surface area (Å²) in [6, 6.07) is 0. The molecule has 0 atom stereocenters. The summed E-state index contributed by atoms with van der Waals surface area (Å²) < 4.78 is 5.34. The van der Waals surface area contributed by atoms with Crippen molar-refractivity contribution in [1.82, 2.24) is 4.90 Å². The zero-order valence-electron chi connectivity index (χ0n) is 11.8.